The Labute approximate surface area is 114 Å². The number of rotatable bonds is 5. The molecule has 0 bridgehead atoms. The van der Waals surface area contributed by atoms with Crippen molar-refractivity contribution < 1.29 is 9.90 Å². The first-order valence-electron chi connectivity index (χ1n) is 5.42. The summed E-state index contributed by atoms with van der Waals surface area (Å²) in [5.74, 6) is -0.808. The molecule has 0 heterocycles. The monoisotopic (exact) mass is 276 g/mol. The predicted molar refractivity (Wildman–Crippen MR) is 76.0 cm³/mol. The quantitative estimate of drug-likeness (QED) is 0.662. The molecule has 0 aliphatic rings. The highest BCUT2D eigenvalue weighted by Crippen LogP contribution is 2.35. The fraction of sp³-hybridized carbons (Fsp3) is 0.0714. The third kappa shape index (κ3) is 3.82. The number of thioether (sulfide) groups is 2. The molecule has 0 saturated carbocycles. The van der Waals surface area contributed by atoms with E-state index in [1.54, 1.807) is 0 Å². The normalized spacial score (nSPS) is 10.5. The molecule has 0 aliphatic carbocycles. The Kier molecular flexibility index (Phi) is 4.73. The highest BCUT2D eigenvalue weighted by molar-refractivity contribution is 8.18. The summed E-state index contributed by atoms with van der Waals surface area (Å²) in [6.07, 6.45) is 0. The highest BCUT2D eigenvalue weighted by atomic mass is 32.2. The molecule has 0 aliphatic heterocycles. The first kappa shape index (κ1) is 13.1. The van der Waals surface area contributed by atoms with E-state index < -0.39 is 10.6 Å². The summed E-state index contributed by atoms with van der Waals surface area (Å²) in [7, 11) is 0. The molecule has 0 atom stereocenters. The topological polar surface area (TPSA) is 37.3 Å². The van der Waals surface area contributed by atoms with E-state index in [0.29, 0.717) is 0 Å². The number of aliphatic carboxylic acids is 1. The summed E-state index contributed by atoms with van der Waals surface area (Å²) < 4.78 is -0.533. The van der Waals surface area contributed by atoms with Gasteiger partial charge in [-0.1, -0.05) is 59.9 Å². The number of carboxylic acid groups (broad SMARTS) is 1. The van der Waals surface area contributed by atoms with Gasteiger partial charge in [-0.05, 0) is 24.3 Å². The van der Waals surface area contributed by atoms with Crippen LogP contribution in [0.2, 0.25) is 0 Å². The number of hydrogen-bond acceptors (Lipinski definition) is 3. The zero-order chi connectivity index (χ0) is 12.8. The molecule has 0 saturated heterocycles. The molecular formula is C14H12O2S2. The van der Waals surface area contributed by atoms with Crippen molar-refractivity contribution in [2.24, 2.45) is 0 Å². The fourth-order valence-corrected chi connectivity index (χ4v) is 3.55. The van der Waals surface area contributed by atoms with E-state index in [1.165, 1.54) is 23.5 Å². The third-order valence-electron chi connectivity index (χ3n) is 2.17. The lowest BCUT2D eigenvalue weighted by molar-refractivity contribution is -0.134. The maximum Gasteiger partial charge on any atom is 0.327 e. The van der Waals surface area contributed by atoms with Gasteiger partial charge in [-0.25, -0.2) is 0 Å². The number of carboxylic acids is 1. The second-order valence-corrected chi connectivity index (χ2v) is 6.19. The van der Waals surface area contributed by atoms with E-state index in [2.05, 4.69) is 0 Å². The number of carbonyl (C=O) groups is 1. The van der Waals surface area contributed by atoms with Crippen molar-refractivity contribution in [2.45, 2.75) is 14.4 Å². The van der Waals surface area contributed by atoms with E-state index in [-0.39, 0.29) is 0 Å². The molecule has 0 fully saturated rings. The minimum Gasteiger partial charge on any atom is -0.480 e. The van der Waals surface area contributed by atoms with Crippen LogP contribution in [0, 0.1) is 0 Å². The SMILES string of the molecule is O=C(O)C(Sc1ccccc1)Sc1ccccc1. The van der Waals surface area contributed by atoms with Crippen LogP contribution in [0.4, 0.5) is 0 Å². The van der Waals surface area contributed by atoms with Crippen LogP contribution in [0.15, 0.2) is 70.5 Å². The first-order chi connectivity index (χ1) is 8.75. The maximum atomic E-state index is 11.3. The summed E-state index contributed by atoms with van der Waals surface area (Å²) >= 11 is 2.71. The second-order valence-electron chi connectivity index (χ2n) is 3.53. The van der Waals surface area contributed by atoms with Crippen molar-refractivity contribution in [3.63, 3.8) is 0 Å². The molecule has 92 valence electrons. The lowest BCUT2D eigenvalue weighted by Gasteiger charge is -2.11. The minimum atomic E-state index is -0.808. The minimum absolute atomic E-state index is 0.533. The van der Waals surface area contributed by atoms with Gasteiger partial charge in [-0.3, -0.25) is 4.79 Å². The number of benzene rings is 2. The van der Waals surface area contributed by atoms with Crippen LogP contribution < -0.4 is 0 Å². The Morgan fingerprint density at radius 1 is 0.833 bits per heavy atom. The molecule has 2 aromatic rings. The molecule has 0 spiro atoms. The zero-order valence-corrected chi connectivity index (χ0v) is 11.2. The molecule has 1 N–H and O–H groups in total. The Bertz CT molecular complexity index is 458. The Hall–Kier alpha value is -1.39. The van der Waals surface area contributed by atoms with Crippen LogP contribution in [0.3, 0.4) is 0 Å². The van der Waals surface area contributed by atoms with Crippen molar-refractivity contribution >= 4 is 29.5 Å². The molecule has 0 radical (unpaired) electrons. The van der Waals surface area contributed by atoms with Gasteiger partial charge in [0.05, 0.1) is 0 Å². The maximum absolute atomic E-state index is 11.3. The standard InChI is InChI=1S/C14H12O2S2/c15-13(16)14(17-11-7-3-1-4-8-11)18-12-9-5-2-6-10-12/h1-10,14H,(H,15,16). The van der Waals surface area contributed by atoms with E-state index in [9.17, 15) is 9.90 Å². The van der Waals surface area contributed by atoms with E-state index in [4.69, 9.17) is 0 Å². The molecule has 4 heteroatoms. The van der Waals surface area contributed by atoms with E-state index in [1.807, 2.05) is 60.7 Å². The van der Waals surface area contributed by atoms with Crippen molar-refractivity contribution in [1.29, 1.82) is 0 Å². The predicted octanol–water partition coefficient (Wildman–Crippen LogP) is 3.98. The first-order valence-corrected chi connectivity index (χ1v) is 7.18. The van der Waals surface area contributed by atoms with E-state index >= 15 is 0 Å². The van der Waals surface area contributed by atoms with Gasteiger partial charge < -0.3 is 5.11 Å². The molecule has 0 unspecified atom stereocenters. The van der Waals surface area contributed by atoms with Gasteiger partial charge in [0.25, 0.3) is 0 Å². The summed E-state index contributed by atoms with van der Waals surface area (Å²) in [6, 6.07) is 19.2. The average Bonchev–Trinajstić information content (AvgIpc) is 2.40. The number of hydrogen-bond donors (Lipinski definition) is 1. The Morgan fingerprint density at radius 3 is 1.56 bits per heavy atom. The molecule has 0 aromatic heterocycles. The zero-order valence-electron chi connectivity index (χ0n) is 9.52. The molecular weight excluding hydrogens is 264 g/mol. The van der Waals surface area contributed by atoms with Crippen LogP contribution in [0.1, 0.15) is 0 Å². The van der Waals surface area contributed by atoms with Gasteiger partial charge in [0.15, 0.2) is 4.58 Å². The molecule has 0 amide bonds. The van der Waals surface area contributed by atoms with Crippen LogP contribution in [0.25, 0.3) is 0 Å². The van der Waals surface area contributed by atoms with Crippen LogP contribution in [-0.4, -0.2) is 15.7 Å². The summed E-state index contributed by atoms with van der Waals surface area (Å²) in [5, 5.41) is 9.25. The van der Waals surface area contributed by atoms with E-state index in [0.717, 1.165) is 9.79 Å². The van der Waals surface area contributed by atoms with Crippen molar-refractivity contribution in [2.75, 3.05) is 0 Å². The van der Waals surface area contributed by atoms with Crippen molar-refractivity contribution in [3.8, 4) is 0 Å². The van der Waals surface area contributed by atoms with Crippen molar-refractivity contribution in [1.82, 2.24) is 0 Å². The third-order valence-corrected chi connectivity index (χ3v) is 4.67. The van der Waals surface area contributed by atoms with Crippen LogP contribution in [0.5, 0.6) is 0 Å². The lowest BCUT2D eigenvalue weighted by Crippen LogP contribution is -2.11. The average molecular weight is 276 g/mol. The summed E-state index contributed by atoms with van der Waals surface area (Å²) in [5.41, 5.74) is 0. The van der Waals surface area contributed by atoms with Crippen LogP contribution >= 0.6 is 23.5 Å². The molecule has 18 heavy (non-hydrogen) atoms. The second kappa shape index (κ2) is 6.52. The fourth-order valence-electron chi connectivity index (χ4n) is 1.37. The lowest BCUT2D eigenvalue weighted by atomic mass is 10.4. The van der Waals surface area contributed by atoms with Gasteiger partial charge in [-0.15, -0.1) is 0 Å². The summed E-state index contributed by atoms with van der Waals surface area (Å²) in [6.45, 7) is 0. The largest absolute Gasteiger partial charge is 0.480 e. The van der Waals surface area contributed by atoms with Crippen LogP contribution in [-0.2, 0) is 4.79 Å². The molecule has 2 nitrogen and oxygen atoms in total. The van der Waals surface area contributed by atoms with Gasteiger partial charge in [0, 0.05) is 9.79 Å². The van der Waals surface area contributed by atoms with Crippen molar-refractivity contribution in [3.05, 3.63) is 60.7 Å². The van der Waals surface area contributed by atoms with Gasteiger partial charge in [0.2, 0.25) is 0 Å². The molecule has 2 rings (SSSR count). The summed E-state index contributed by atoms with van der Waals surface area (Å²) in [4.78, 5) is 13.2. The molecule has 2 aromatic carbocycles. The van der Waals surface area contributed by atoms with Gasteiger partial charge in [0.1, 0.15) is 0 Å². The highest BCUT2D eigenvalue weighted by Gasteiger charge is 2.20. The van der Waals surface area contributed by atoms with Gasteiger partial charge in [-0.2, -0.15) is 0 Å². The smallest absolute Gasteiger partial charge is 0.327 e. The Balaban J connectivity index is 2.08. The van der Waals surface area contributed by atoms with Gasteiger partial charge >= 0.3 is 5.97 Å². The Morgan fingerprint density at radius 2 is 1.22 bits per heavy atom.